The Labute approximate surface area is 413 Å². The van der Waals surface area contributed by atoms with Crippen molar-refractivity contribution in [2.75, 3.05) is 52.4 Å². The van der Waals surface area contributed by atoms with E-state index in [0.29, 0.717) is 39.0 Å². The van der Waals surface area contributed by atoms with E-state index in [1.54, 1.807) is 0 Å². The predicted molar refractivity (Wildman–Crippen MR) is 284 cm³/mol. The van der Waals surface area contributed by atoms with Gasteiger partial charge in [0.2, 0.25) is 23.6 Å². The van der Waals surface area contributed by atoms with E-state index >= 15 is 0 Å². The number of hydrogen-bond acceptors (Lipinski definition) is 7. The van der Waals surface area contributed by atoms with E-state index in [4.69, 9.17) is 0 Å². The molecule has 2 rings (SSSR count). The number of imide groups is 2. The molecule has 2 fully saturated rings. The zero-order chi connectivity index (χ0) is 48.1. The van der Waals surface area contributed by atoms with Crippen LogP contribution in [0.3, 0.4) is 0 Å². The molecule has 0 bridgehead atoms. The van der Waals surface area contributed by atoms with E-state index in [9.17, 15) is 19.2 Å². The number of carbonyl (C=O) groups is 4. The zero-order valence-corrected chi connectivity index (χ0v) is 44.0. The fraction of sp³-hybridized carbons (Fsp3) is 0.862. The third-order valence-corrected chi connectivity index (χ3v) is 14.3. The summed E-state index contributed by atoms with van der Waals surface area (Å²) in [5, 5.41) is 10.1. The molecule has 0 aromatic heterocycles. The molecule has 2 saturated heterocycles. The second-order valence-corrected chi connectivity index (χ2v) is 20.4. The van der Waals surface area contributed by atoms with Crippen LogP contribution in [0.25, 0.3) is 0 Å². The van der Waals surface area contributed by atoms with E-state index in [1.807, 2.05) is 0 Å². The molecule has 9 nitrogen and oxygen atoms in total. The highest BCUT2D eigenvalue weighted by atomic mass is 16.2. The lowest BCUT2D eigenvalue weighted by Crippen LogP contribution is -2.40. The van der Waals surface area contributed by atoms with Crippen LogP contribution >= 0.6 is 0 Å². The Hall–Kier alpha value is -2.36. The number of amides is 4. The normalized spacial score (nSPS) is 16.7. The third-order valence-electron chi connectivity index (χ3n) is 14.3. The summed E-state index contributed by atoms with van der Waals surface area (Å²) >= 11 is 0. The average molecular weight is 939 g/mol. The molecule has 2 unspecified atom stereocenters. The molecule has 3 N–H and O–H groups in total. The molecule has 0 aliphatic carbocycles. The summed E-state index contributed by atoms with van der Waals surface area (Å²) in [4.78, 5) is 54.0. The first kappa shape index (κ1) is 60.8. The Morgan fingerprint density at radius 1 is 0.358 bits per heavy atom. The highest BCUT2D eigenvalue weighted by molar-refractivity contribution is 6.04. The van der Waals surface area contributed by atoms with Crippen molar-refractivity contribution in [3.8, 4) is 0 Å². The Kier molecular flexibility index (Phi) is 40.6. The highest BCUT2D eigenvalue weighted by Gasteiger charge is 2.38. The average Bonchev–Trinajstić information content (AvgIpc) is 3.76. The van der Waals surface area contributed by atoms with Gasteiger partial charge in [0.15, 0.2) is 0 Å². The van der Waals surface area contributed by atoms with E-state index in [0.717, 1.165) is 64.7 Å². The highest BCUT2D eigenvalue weighted by Crippen LogP contribution is 2.26. The molecule has 0 aromatic rings. The number of unbranched alkanes of at least 4 members (excludes halogenated alkanes) is 30. The van der Waals surface area contributed by atoms with Crippen molar-refractivity contribution in [1.29, 1.82) is 0 Å². The van der Waals surface area contributed by atoms with Gasteiger partial charge in [0.1, 0.15) is 0 Å². The molecular weight excluding hydrogens is 831 g/mol. The summed E-state index contributed by atoms with van der Waals surface area (Å²) in [6.07, 6.45) is 56.3. The van der Waals surface area contributed by atoms with Crippen LogP contribution in [-0.4, -0.2) is 85.8 Å². The van der Waals surface area contributed by atoms with Crippen LogP contribution < -0.4 is 16.0 Å². The first-order valence-corrected chi connectivity index (χ1v) is 29.1. The van der Waals surface area contributed by atoms with E-state index in [-0.39, 0.29) is 35.5 Å². The van der Waals surface area contributed by atoms with Gasteiger partial charge in [-0.2, -0.15) is 0 Å². The first-order chi connectivity index (χ1) is 33.0. The first-order valence-electron chi connectivity index (χ1n) is 29.1. The fourth-order valence-electron chi connectivity index (χ4n) is 9.87. The maximum Gasteiger partial charge on any atom is 0.232 e. The maximum atomic E-state index is 12.9. The van der Waals surface area contributed by atoms with E-state index in [1.165, 1.54) is 202 Å². The summed E-state index contributed by atoms with van der Waals surface area (Å²) in [6.45, 7) is 9.73. The minimum Gasteiger partial charge on any atom is -0.314 e. The van der Waals surface area contributed by atoms with Crippen molar-refractivity contribution in [3.63, 3.8) is 0 Å². The quantitative estimate of drug-likeness (QED) is 0.0316. The number of allylic oxidation sites excluding steroid dienone is 4. The van der Waals surface area contributed by atoms with Crippen LogP contribution in [0.4, 0.5) is 0 Å². The van der Waals surface area contributed by atoms with Crippen LogP contribution in [0.5, 0.6) is 0 Å². The molecule has 9 heteroatoms. The lowest BCUT2D eigenvalue weighted by Gasteiger charge is -2.16. The molecule has 0 radical (unpaired) electrons. The lowest BCUT2D eigenvalue weighted by molar-refractivity contribution is -0.140. The van der Waals surface area contributed by atoms with Gasteiger partial charge in [-0.15, -0.1) is 0 Å². The van der Waals surface area contributed by atoms with Crippen LogP contribution in [0.15, 0.2) is 24.3 Å². The molecule has 388 valence electrons. The number of likely N-dealkylation sites (tertiary alicyclic amines) is 2. The van der Waals surface area contributed by atoms with Gasteiger partial charge in [-0.1, -0.05) is 205 Å². The molecule has 2 aliphatic heterocycles. The summed E-state index contributed by atoms with van der Waals surface area (Å²) in [5.74, 6) is -0.260. The van der Waals surface area contributed by atoms with Crippen molar-refractivity contribution >= 4 is 23.6 Å². The monoisotopic (exact) mass is 938 g/mol. The molecule has 2 heterocycles. The van der Waals surface area contributed by atoms with Crippen molar-refractivity contribution in [2.24, 2.45) is 11.8 Å². The van der Waals surface area contributed by atoms with Gasteiger partial charge >= 0.3 is 0 Å². The van der Waals surface area contributed by atoms with Gasteiger partial charge in [-0.3, -0.25) is 29.0 Å². The molecule has 0 saturated carbocycles. The number of rotatable bonds is 50. The largest absolute Gasteiger partial charge is 0.314 e. The Morgan fingerprint density at radius 2 is 0.612 bits per heavy atom. The SMILES string of the molecule is CCCCCCCC/C=C/CCCCCCCCCCC1CC(=O)N(CCNCCNCCNCCN2C(=O)CC(CCCCCCC/C=C/CCCCCCCCCCCCC)C2=O)C1=O. The Balaban J connectivity index is 1.33. The smallest absolute Gasteiger partial charge is 0.232 e. The second-order valence-electron chi connectivity index (χ2n) is 20.4. The summed E-state index contributed by atoms with van der Waals surface area (Å²) < 4.78 is 0. The van der Waals surface area contributed by atoms with Crippen LogP contribution in [0, 0.1) is 11.8 Å². The van der Waals surface area contributed by atoms with Gasteiger partial charge in [-0.25, -0.2) is 0 Å². The second kappa shape index (κ2) is 44.8. The zero-order valence-electron chi connectivity index (χ0n) is 44.0. The fourth-order valence-corrected chi connectivity index (χ4v) is 9.87. The molecule has 4 amide bonds. The van der Waals surface area contributed by atoms with Crippen LogP contribution in [0.2, 0.25) is 0 Å². The molecule has 2 aliphatic rings. The van der Waals surface area contributed by atoms with Gasteiger partial charge in [0, 0.05) is 77.0 Å². The number of nitrogens with one attached hydrogen (secondary N) is 3. The number of carbonyl (C=O) groups excluding carboxylic acids is 4. The molecule has 67 heavy (non-hydrogen) atoms. The van der Waals surface area contributed by atoms with Crippen molar-refractivity contribution in [1.82, 2.24) is 25.8 Å². The van der Waals surface area contributed by atoms with Crippen LogP contribution in [-0.2, 0) is 19.2 Å². The third kappa shape index (κ3) is 33.0. The standard InChI is InChI=1S/C58H107N5O4/c1-3-5-7-9-11-13-15-17-19-21-23-24-26-28-30-32-34-36-38-40-42-54-52-56(65)63(58(54)67)50-48-61-46-44-59-43-45-60-47-49-62-55(64)51-53(57(62)66)41-39-37-35-33-31-29-27-25-22-20-18-16-14-12-10-8-6-4-2/h18,20,26,28,53-54,59-61H,3-17,19,21-25,27,29-52H2,1-2H3/b20-18+,28-26+. The van der Waals surface area contributed by atoms with Crippen molar-refractivity contribution in [3.05, 3.63) is 24.3 Å². The Bertz CT molecular complexity index is 1270. The maximum absolute atomic E-state index is 12.9. The lowest BCUT2D eigenvalue weighted by atomic mass is 9.98. The molecule has 0 spiro atoms. The van der Waals surface area contributed by atoms with Crippen LogP contribution in [0.1, 0.15) is 258 Å². The molecular formula is C58H107N5O4. The Morgan fingerprint density at radius 3 is 0.910 bits per heavy atom. The van der Waals surface area contributed by atoms with Gasteiger partial charge in [0.05, 0.1) is 0 Å². The minimum absolute atomic E-state index is 0.0182. The number of hydrogen-bond donors (Lipinski definition) is 3. The van der Waals surface area contributed by atoms with Gasteiger partial charge in [0.25, 0.3) is 0 Å². The number of nitrogens with zero attached hydrogens (tertiary/aromatic N) is 2. The van der Waals surface area contributed by atoms with Gasteiger partial charge < -0.3 is 16.0 Å². The van der Waals surface area contributed by atoms with E-state index in [2.05, 4.69) is 54.1 Å². The summed E-state index contributed by atoms with van der Waals surface area (Å²) in [5.41, 5.74) is 0. The summed E-state index contributed by atoms with van der Waals surface area (Å²) in [7, 11) is 0. The molecule has 0 aromatic carbocycles. The van der Waals surface area contributed by atoms with Crippen molar-refractivity contribution < 1.29 is 19.2 Å². The minimum atomic E-state index is -0.134. The van der Waals surface area contributed by atoms with Crippen molar-refractivity contribution in [2.45, 2.75) is 258 Å². The molecule has 2 atom stereocenters. The van der Waals surface area contributed by atoms with Gasteiger partial charge in [-0.05, 0) is 64.2 Å². The summed E-state index contributed by atoms with van der Waals surface area (Å²) in [6, 6.07) is 0. The van der Waals surface area contributed by atoms with E-state index < -0.39 is 0 Å². The topological polar surface area (TPSA) is 111 Å². The predicted octanol–water partition coefficient (Wildman–Crippen LogP) is 13.7.